The molecule has 19 heavy (non-hydrogen) atoms. The molecule has 0 saturated heterocycles. The van der Waals surface area contributed by atoms with Gasteiger partial charge in [-0.05, 0) is 29.8 Å². The number of halogens is 2. The topological polar surface area (TPSA) is 52.8 Å². The first kappa shape index (κ1) is 14.4. The van der Waals surface area contributed by atoms with Crippen molar-refractivity contribution in [3.8, 4) is 11.4 Å². The Bertz CT molecular complexity index is 585. The van der Waals surface area contributed by atoms with Gasteiger partial charge in [-0.25, -0.2) is 9.97 Å². The van der Waals surface area contributed by atoms with Crippen LogP contribution in [0.3, 0.4) is 0 Å². The molecule has 0 fully saturated rings. The predicted molar refractivity (Wildman–Crippen MR) is 77.1 cm³/mol. The highest BCUT2D eigenvalue weighted by atomic mass is 79.9. The molecule has 2 aromatic heterocycles. The zero-order valence-corrected chi connectivity index (χ0v) is 13.2. The normalized spacial score (nSPS) is 11.3. The van der Waals surface area contributed by atoms with Crippen LogP contribution in [0.2, 0.25) is 5.15 Å². The van der Waals surface area contributed by atoms with E-state index in [9.17, 15) is 0 Å². The molecule has 0 radical (unpaired) electrons. The van der Waals surface area contributed by atoms with E-state index in [1.807, 2.05) is 10.9 Å². The molecule has 0 atom stereocenters. The highest BCUT2D eigenvalue weighted by Gasteiger charge is 2.13. The van der Waals surface area contributed by atoms with E-state index in [0.29, 0.717) is 22.1 Å². The summed E-state index contributed by atoms with van der Waals surface area (Å²) in [5, 5.41) is 4.64. The van der Waals surface area contributed by atoms with Crippen LogP contribution in [0.25, 0.3) is 11.4 Å². The number of ether oxygens (including phenoxy) is 1. The second kappa shape index (κ2) is 5.98. The molecular weight excluding hydrogens is 332 g/mol. The van der Waals surface area contributed by atoms with Crippen molar-refractivity contribution in [2.75, 3.05) is 7.11 Å². The zero-order chi connectivity index (χ0) is 14.0. The SMILES string of the molecule is COCc1nc(-c2cnn(C(C)C)c2)nc(Cl)c1Br. The summed E-state index contributed by atoms with van der Waals surface area (Å²) < 4.78 is 7.61. The third-order valence-electron chi connectivity index (χ3n) is 2.55. The fourth-order valence-electron chi connectivity index (χ4n) is 1.56. The van der Waals surface area contributed by atoms with Gasteiger partial charge in [0.25, 0.3) is 0 Å². The van der Waals surface area contributed by atoms with Crippen LogP contribution in [0.5, 0.6) is 0 Å². The summed E-state index contributed by atoms with van der Waals surface area (Å²) in [5.41, 5.74) is 1.55. The maximum atomic E-state index is 6.09. The molecule has 0 aliphatic carbocycles. The van der Waals surface area contributed by atoms with Gasteiger partial charge in [-0.3, -0.25) is 4.68 Å². The lowest BCUT2D eigenvalue weighted by molar-refractivity contribution is 0.181. The van der Waals surface area contributed by atoms with Gasteiger partial charge in [-0.15, -0.1) is 0 Å². The largest absolute Gasteiger partial charge is 0.378 e. The lowest BCUT2D eigenvalue weighted by atomic mass is 10.3. The Morgan fingerprint density at radius 3 is 2.74 bits per heavy atom. The Hall–Kier alpha value is -0.980. The smallest absolute Gasteiger partial charge is 0.164 e. The van der Waals surface area contributed by atoms with Crippen LogP contribution in [0.1, 0.15) is 25.6 Å². The van der Waals surface area contributed by atoms with E-state index in [4.69, 9.17) is 16.3 Å². The molecule has 0 amide bonds. The molecule has 0 bridgehead atoms. The van der Waals surface area contributed by atoms with Crippen molar-refractivity contribution in [3.63, 3.8) is 0 Å². The van der Waals surface area contributed by atoms with Gasteiger partial charge in [0.05, 0.1) is 28.5 Å². The summed E-state index contributed by atoms with van der Waals surface area (Å²) in [5.74, 6) is 0.548. The maximum Gasteiger partial charge on any atom is 0.164 e. The summed E-state index contributed by atoms with van der Waals surface area (Å²) in [6.45, 7) is 4.49. The van der Waals surface area contributed by atoms with Gasteiger partial charge >= 0.3 is 0 Å². The minimum atomic E-state index is 0.290. The Morgan fingerprint density at radius 1 is 1.42 bits per heavy atom. The number of methoxy groups -OCH3 is 1. The monoisotopic (exact) mass is 344 g/mol. The number of hydrogen-bond acceptors (Lipinski definition) is 4. The molecule has 0 aliphatic rings. The molecule has 0 unspecified atom stereocenters. The minimum Gasteiger partial charge on any atom is -0.378 e. The summed E-state index contributed by atoms with van der Waals surface area (Å²) in [6, 6.07) is 0.290. The summed E-state index contributed by atoms with van der Waals surface area (Å²) >= 11 is 9.45. The third kappa shape index (κ3) is 3.13. The standard InChI is InChI=1S/C12H14BrClN4O/c1-7(2)18-5-8(4-15-18)12-16-9(6-19-3)10(13)11(14)17-12/h4-5,7H,6H2,1-3H3. The maximum absolute atomic E-state index is 6.09. The first-order valence-corrected chi connectivity index (χ1v) is 6.95. The molecule has 2 aromatic rings. The molecule has 0 aliphatic heterocycles. The van der Waals surface area contributed by atoms with E-state index >= 15 is 0 Å². The van der Waals surface area contributed by atoms with Crippen LogP contribution in [0.4, 0.5) is 0 Å². The van der Waals surface area contributed by atoms with E-state index in [-0.39, 0.29) is 6.04 Å². The zero-order valence-electron chi connectivity index (χ0n) is 10.9. The Labute approximate surface area is 125 Å². The lowest BCUT2D eigenvalue weighted by Gasteiger charge is -2.06. The minimum absolute atomic E-state index is 0.290. The van der Waals surface area contributed by atoms with Crippen LogP contribution in [0.15, 0.2) is 16.9 Å². The van der Waals surface area contributed by atoms with Crippen molar-refractivity contribution >= 4 is 27.5 Å². The van der Waals surface area contributed by atoms with Gasteiger partial charge in [-0.2, -0.15) is 5.10 Å². The average molecular weight is 346 g/mol. The molecule has 2 rings (SSSR count). The molecular formula is C12H14BrClN4O. The predicted octanol–water partition coefficient (Wildman–Crippen LogP) is 3.48. The van der Waals surface area contributed by atoms with E-state index in [0.717, 1.165) is 11.3 Å². The van der Waals surface area contributed by atoms with Gasteiger partial charge < -0.3 is 4.74 Å². The van der Waals surface area contributed by atoms with Crippen molar-refractivity contribution in [2.24, 2.45) is 0 Å². The fourth-order valence-corrected chi connectivity index (χ4v) is 2.04. The van der Waals surface area contributed by atoms with Gasteiger partial charge in [0.15, 0.2) is 5.82 Å². The number of rotatable bonds is 4. The molecule has 0 N–H and O–H groups in total. The summed E-state index contributed by atoms with van der Waals surface area (Å²) in [7, 11) is 1.61. The van der Waals surface area contributed by atoms with Crippen LogP contribution in [-0.2, 0) is 11.3 Å². The average Bonchev–Trinajstić information content (AvgIpc) is 2.84. The van der Waals surface area contributed by atoms with Gasteiger partial charge in [0.2, 0.25) is 0 Å². The summed E-state index contributed by atoms with van der Waals surface area (Å²) in [6.07, 6.45) is 3.64. The van der Waals surface area contributed by atoms with Crippen molar-refractivity contribution in [3.05, 3.63) is 27.7 Å². The van der Waals surface area contributed by atoms with Gasteiger partial charge in [-0.1, -0.05) is 11.6 Å². The number of aromatic nitrogens is 4. The second-order valence-electron chi connectivity index (χ2n) is 4.33. The fraction of sp³-hybridized carbons (Fsp3) is 0.417. The highest BCUT2D eigenvalue weighted by molar-refractivity contribution is 9.10. The van der Waals surface area contributed by atoms with E-state index < -0.39 is 0 Å². The molecule has 102 valence electrons. The van der Waals surface area contributed by atoms with Crippen LogP contribution in [0, 0.1) is 0 Å². The second-order valence-corrected chi connectivity index (χ2v) is 5.49. The van der Waals surface area contributed by atoms with Gasteiger partial charge in [0.1, 0.15) is 5.15 Å². The van der Waals surface area contributed by atoms with Crippen molar-refractivity contribution in [1.29, 1.82) is 0 Å². The van der Waals surface area contributed by atoms with Crippen molar-refractivity contribution in [1.82, 2.24) is 19.7 Å². The van der Waals surface area contributed by atoms with E-state index in [2.05, 4.69) is 44.8 Å². The van der Waals surface area contributed by atoms with Crippen LogP contribution < -0.4 is 0 Å². The molecule has 7 heteroatoms. The first-order valence-electron chi connectivity index (χ1n) is 5.78. The van der Waals surface area contributed by atoms with E-state index in [1.165, 1.54) is 0 Å². The molecule has 0 saturated carbocycles. The lowest BCUT2D eigenvalue weighted by Crippen LogP contribution is -2.01. The Balaban J connectivity index is 2.43. The van der Waals surface area contributed by atoms with Gasteiger partial charge in [0, 0.05) is 19.3 Å². The molecule has 0 spiro atoms. The molecule has 5 nitrogen and oxygen atoms in total. The third-order valence-corrected chi connectivity index (χ3v) is 3.88. The highest BCUT2D eigenvalue weighted by Crippen LogP contribution is 2.27. The molecule has 2 heterocycles. The molecule has 0 aromatic carbocycles. The number of nitrogens with zero attached hydrogens (tertiary/aromatic N) is 4. The van der Waals surface area contributed by atoms with E-state index in [1.54, 1.807) is 13.3 Å². The number of hydrogen-bond donors (Lipinski definition) is 0. The Kier molecular flexibility index (Phi) is 4.54. The van der Waals surface area contributed by atoms with Crippen molar-refractivity contribution < 1.29 is 4.74 Å². The summed E-state index contributed by atoms with van der Waals surface area (Å²) in [4.78, 5) is 8.70. The first-order chi connectivity index (χ1) is 9.02. The Morgan fingerprint density at radius 2 is 2.16 bits per heavy atom. The van der Waals surface area contributed by atoms with Crippen LogP contribution >= 0.6 is 27.5 Å². The van der Waals surface area contributed by atoms with Crippen LogP contribution in [-0.4, -0.2) is 26.9 Å². The van der Waals surface area contributed by atoms with Crippen molar-refractivity contribution in [2.45, 2.75) is 26.5 Å². The quantitative estimate of drug-likeness (QED) is 0.796.